The molecule has 0 saturated carbocycles. The third-order valence-electron chi connectivity index (χ3n) is 4.46. The molecule has 2 heterocycles. The van der Waals surface area contributed by atoms with Gasteiger partial charge in [-0.15, -0.1) is 0 Å². The number of aromatic nitrogens is 1. The fourth-order valence-electron chi connectivity index (χ4n) is 3.11. The first-order valence-corrected chi connectivity index (χ1v) is 9.66. The van der Waals surface area contributed by atoms with E-state index in [9.17, 15) is 13.6 Å². The summed E-state index contributed by atoms with van der Waals surface area (Å²) in [7, 11) is 0. The molecule has 3 aromatic rings. The van der Waals surface area contributed by atoms with Gasteiger partial charge in [0.15, 0.2) is 5.82 Å². The van der Waals surface area contributed by atoms with Crippen molar-refractivity contribution in [2.24, 2.45) is 0 Å². The molecule has 0 bridgehead atoms. The number of nitrogens with zero attached hydrogens (tertiary/aromatic N) is 2. The third-order valence-corrected chi connectivity index (χ3v) is 5.59. The van der Waals surface area contributed by atoms with Crippen LogP contribution in [-0.4, -0.2) is 35.0 Å². The smallest absolute Gasteiger partial charge is 0.274 e. The number of amides is 1. The Balaban J connectivity index is 1.40. The fourth-order valence-corrected chi connectivity index (χ4v) is 4.22. The zero-order valence-corrected chi connectivity index (χ0v) is 15.7. The normalized spacial score (nSPS) is 15.3. The number of carbonyl (C=O) groups is 1. The molecule has 27 heavy (non-hydrogen) atoms. The maximum atomic E-state index is 13.8. The lowest BCUT2D eigenvalue weighted by Crippen LogP contribution is -2.41. The maximum Gasteiger partial charge on any atom is 0.274 e. The molecule has 1 aliphatic rings. The lowest BCUT2D eigenvalue weighted by atomic mass is 10.1. The van der Waals surface area contributed by atoms with Crippen LogP contribution in [0.25, 0.3) is 10.2 Å². The molecule has 0 spiro atoms. The van der Waals surface area contributed by atoms with E-state index >= 15 is 0 Å². The van der Waals surface area contributed by atoms with Gasteiger partial charge in [0.25, 0.3) is 11.1 Å². The van der Waals surface area contributed by atoms with Gasteiger partial charge in [-0.2, -0.15) is 4.98 Å². The number of benzene rings is 2. The van der Waals surface area contributed by atoms with Crippen LogP contribution in [0.15, 0.2) is 36.4 Å². The van der Waals surface area contributed by atoms with Crippen LogP contribution in [0.1, 0.15) is 23.2 Å². The van der Waals surface area contributed by atoms with Crippen molar-refractivity contribution in [3.63, 3.8) is 0 Å². The van der Waals surface area contributed by atoms with Gasteiger partial charge >= 0.3 is 0 Å². The molecule has 140 valence electrons. The molecule has 0 N–H and O–H groups in total. The lowest BCUT2D eigenvalue weighted by molar-refractivity contribution is 0.0595. The molecule has 4 rings (SSSR count). The summed E-state index contributed by atoms with van der Waals surface area (Å²) in [5.74, 6) is -1.39. The Bertz CT molecular complexity index is 1000. The van der Waals surface area contributed by atoms with E-state index in [4.69, 9.17) is 16.3 Å². The lowest BCUT2D eigenvalue weighted by Gasteiger charge is -2.31. The highest BCUT2D eigenvalue weighted by molar-refractivity contribution is 7.20. The van der Waals surface area contributed by atoms with E-state index in [1.54, 1.807) is 29.2 Å². The van der Waals surface area contributed by atoms with Gasteiger partial charge in [-0.05, 0) is 24.3 Å². The summed E-state index contributed by atoms with van der Waals surface area (Å²) in [5, 5.41) is 0.840. The fraction of sp³-hybridized carbons (Fsp3) is 0.263. The standard InChI is InChI=1S/C19H15ClF2N2O2S/c20-12-3-1-2-11(8-12)18(25)24-6-4-14(5-7-24)26-19-23-17-15(22)9-13(21)10-16(17)27-19/h1-3,8-10,14H,4-7H2. The van der Waals surface area contributed by atoms with Crippen molar-refractivity contribution in [2.45, 2.75) is 18.9 Å². The van der Waals surface area contributed by atoms with Gasteiger partial charge in [-0.3, -0.25) is 4.79 Å². The van der Waals surface area contributed by atoms with Crippen LogP contribution in [0.2, 0.25) is 5.02 Å². The topological polar surface area (TPSA) is 42.4 Å². The predicted octanol–water partition coefficient (Wildman–Crippen LogP) is 4.91. The van der Waals surface area contributed by atoms with E-state index in [1.807, 2.05) is 0 Å². The molecular weight excluding hydrogens is 394 g/mol. The number of halogens is 3. The van der Waals surface area contributed by atoms with Crippen LogP contribution in [0, 0.1) is 11.6 Å². The van der Waals surface area contributed by atoms with Gasteiger partial charge in [0, 0.05) is 42.6 Å². The molecule has 0 radical (unpaired) electrons. The van der Waals surface area contributed by atoms with Crippen molar-refractivity contribution >= 4 is 39.1 Å². The molecule has 1 aliphatic heterocycles. The summed E-state index contributed by atoms with van der Waals surface area (Å²) in [6.45, 7) is 1.09. The van der Waals surface area contributed by atoms with Crippen molar-refractivity contribution in [3.8, 4) is 5.19 Å². The monoisotopic (exact) mass is 408 g/mol. The molecule has 0 unspecified atom stereocenters. The second kappa shape index (κ2) is 7.40. The number of hydrogen-bond donors (Lipinski definition) is 0. The summed E-state index contributed by atoms with van der Waals surface area (Å²) in [6, 6.07) is 8.93. The van der Waals surface area contributed by atoms with E-state index in [0.29, 0.717) is 46.4 Å². The number of likely N-dealkylation sites (tertiary alicyclic amines) is 1. The van der Waals surface area contributed by atoms with Crippen molar-refractivity contribution in [3.05, 3.63) is 58.6 Å². The summed E-state index contributed by atoms with van der Waals surface area (Å²) in [5.41, 5.74) is 0.676. The first-order chi connectivity index (χ1) is 13.0. The third kappa shape index (κ3) is 3.89. The summed E-state index contributed by atoms with van der Waals surface area (Å²) in [6.07, 6.45) is 1.15. The molecule has 1 amide bonds. The number of hydrogen-bond acceptors (Lipinski definition) is 4. The minimum Gasteiger partial charge on any atom is -0.467 e. The molecular formula is C19H15ClF2N2O2S. The number of ether oxygens (including phenoxy) is 1. The van der Waals surface area contributed by atoms with E-state index in [0.717, 1.165) is 17.4 Å². The minimum absolute atomic E-state index is 0.0616. The molecule has 0 atom stereocenters. The number of fused-ring (bicyclic) bond motifs is 1. The Hall–Kier alpha value is -2.25. The summed E-state index contributed by atoms with van der Waals surface area (Å²) < 4.78 is 33.3. The van der Waals surface area contributed by atoms with Crippen LogP contribution in [0.3, 0.4) is 0 Å². The Kier molecular flexibility index (Phi) is 4.97. The first kappa shape index (κ1) is 18.1. The average Bonchev–Trinajstić information content (AvgIpc) is 3.04. The second-order valence-electron chi connectivity index (χ2n) is 6.33. The van der Waals surface area contributed by atoms with Crippen molar-refractivity contribution in [2.75, 3.05) is 13.1 Å². The molecule has 4 nitrogen and oxygen atoms in total. The summed E-state index contributed by atoms with van der Waals surface area (Å²) in [4.78, 5) is 18.4. The Morgan fingerprint density at radius 3 is 2.74 bits per heavy atom. The summed E-state index contributed by atoms with van der Waals surface area (Å²) >= 11 is 7.07. The SMILES string of the molecule is O=C(c1cccc(Cl)c1)N1CCC(Oc2nc3c(F)cc(F)cc3s2)CC1. The number of rotatable bonds is 3. The molecule has 1 aromatic heterocycles. The maximum absolute atomic E-state index is 13.8. The van der Waals surface area contributed by atoms with E-state index < -0.39 is 11.6 Å². The van der Waals surface area contributed by atoms with Gasteiger partial charge in [-0.1, -0.05) is 29.0 Å². The second-order valence-corrected chi connectivity index (χ2v) is 7.76. The van der Waals surface area contributed by atoms with Crippen LogP contribution < -0.4 is 4.74 Å². The number of piperidine rings is 1. The average molecular weight is 409 g/mol. The molecule has 0 aliphatic carbocycles. The predicted molar refractivity (Wildman–Crippen MR) is 101 cm³/mol. The molecule has 1 saturated heterocycles. The van der Waals surface area contributed by atoms with Crippen LogP contribution in [0.4, 0.5) is 8.78 Å². The minimum atomic E-state index is -0.696. The van der Waals surface area contributed by atoms with E-state index in [-0.39, 0.29) is 17.5 Å². The van der Waals surface area contributed by atoms with Crippen molar-refractivity contribution in [1.29, 1.82) is 0 Å². The van der Waals surface area contributed by atoms with Gasteiger partial charge in [-0.25, -0.2) is 8.78 Å². The van der Waals surface area contributed by atoms with Gasteiger partial charge in [0.05, 0.1) is 4.70 Å². The highest BCUT2D eigenvalue weighted by atomic mass is 35.5. The van der Waals surface area contributed by atoms with Crippen LogP contribution in [0.5, 0.6) is 5.19 Å². The number of thiazole rings is 1. The van der Waals surface area contributed by atoms with Crippen molar-refractivity contribution < 1.29 is 18.3 Å². The van der Waals surface area contributed by atoms with Crippen LogP contribution >= 0.6 is 22.9 Å². The number of carbonyl (C=O) groups excluding carboxylic acids is 1. The van der Waals surface area contributed by atoms with E-state index in [2.05, 4.69) is 4.98 Å². The van der Waals surface area contributed by atoms with Crippen LogP contribution in [-0.2, 0) is 0 Å². The van der Waals surface area contributed by atoms with E-state index in [1.165, 1.54) is 6.07 Å². The highest BCUT2D eigenvalue weighted by Crippen LogP contribution is 2.32. The highest BCUT2D eigenvalue weighted by Gasteiger charge is 2.26. The molecule has 1 fully saturated rings. The Morgan fingerprint density at radius 2 is 2.00 bits per heavy atom. The quantitative estimate of drug-likeness (QED) is 0.618. The molecule has 2 aromatic carbocycles. The Labute approximate surface area is 163 Å². The zero-order chi connectivity index (χ0) is 19.0. The zero-order valence-electron chi connectivity index (χ0n) is 14.1. The largest absolute Gasteiger partial charge is 0.467 e. The van der Waals surface area contributed by atoms with Gasteiger partial charge in [0.1, 0.15) is 17.4 Å². The molecule has 8 heteroatoms. The Morgan fingerprint density at radius 1 is 1.22 bits per heavy atom. The van der Waals surface area contributed by atoms with Gasteiger partial charge < -0.3 is 9.64 Å². The van der Waals surface area contributed by atoms with Gasteiger partial charge in [0.2, 0.25) is 0 Å². The first-order valence-electron chi connectivity index (χ1n) is 8.46. The van der Waals surface area contributed by atoms with Crippen molar-refractivity contribution in [1.82, 2.24) is 9.88 Å².